The normalized spacial score (nSPS) is 12.5. The van der Waals surface area contributed by atoms with Crippen molar-refractivity contribution in [3.8, 4) is 0 Å². The van der Waals surface area contributed by atoms with E-state index < -0.39 is 0 Å². The number of aryl methyl sites for hydroxylation is 3. The SMILES string of the molecule is Cc1cc(C(N)c2cc(Br)ccc2C)c(C)cc1Br. The van der Waals surface area contributed by atoms with E-state index in [0.717, 1.165) is 8.95 Å². The van der Waals surface area contributed by atoms with Gasteiger partial charge in [0, 0.05) is 8.95 Å². The molecule has 0 aromatic heterocycles. The summed E-state index contributed by atoms with van der Waals surface area (Å²) in [7, 11) is 0. The van der Waals surface area contributed by atoms with E-state index in [-0.39, 0.29) is 6.04 Å². The molecule has 19 heavy (non-hydrogen) atoms. The van der Waals surface area contributed by atoms with Crippen molar-refractivity contribution in [1.29, 1.82) is 0 Å². The Morgan fingerprint density at radius 3 is 2.16 bits per heavy atom. The molecule has 2 N–H and O–H groups in total. The first-order chi connectivity index (χ1) is 8.90. The molecule has 0 heterocycles. The molecule has 2 aromatic carbocycles. The summed E-state index contributed by atoms with van der Waals surface area (Å²) in [5, 5.41) is 0. The first-order valence-corrected chi connectivity index (χ1v) is 7.77. The van der Waals surface area contributed by atoms with Gasteiger partial charge in [-0.2, -0.15) is 0 Å². The average Bonchev–Trinajstić information content (AvgIpc) is 2.36. The van der Waals surface area contributed by atoms with Crippen LogP contribution in [-0.2, 0) is 0 Å². The van der Waals surface area contributed by atoms with Crippen LogP contribution >= 0.6 is 31.9 Å². The smallest absolute Gasteiger partial charge is 0.0557 e. The van der Waals surface area contributed by atoms with E-state index in [1.807, 2.05) is 6.07 Å². The maximum atomic E-state index is 6.47. The zero-order valence-electron chi connectivity index (χ0n) is 11.3. The Bertz CT molecular complexity index is 620. The molecule has 0 saturated heterocycles. The van der Waals surface area contributed by atoms with E-state index in [2.05, 4.69) is 76.9 Å². The molecule has 1 nitrogen and oxygen atoms in total. The van der Waals surface area contributed by atoms with Crippen molar-refractivity contribution in [3.63, 3.8) is 0 Å². The first-order valence-electron chi connectivity index (χ1n) is 6.18. The molecule has 1 atom stereocenters. The van der Waals surface area contributed by atoms with Crippen LogP contribution in [0.2, 0.25) is 0 Å². The van der Waals surface area contributed by atoms with Crippen LogP contribution in [0, 0.1) is 20.8 Å². The number of rotatable bonds is 2. The van der Waals surface area contributed by atoms with Gasteiger partial charge in [-0.25, -0.2) is 0 Å². The van der Waals surface area contributed by atoms with Gasteiger partial charge in [0.25, 0.3) is 0 Å². The lowest BCUT2D eigenvalue weighted by atomic mass is 9.92. The number of benzene rings is 2. The maximum absolute atomic E-state index is 6.47. The highest BCUT2D eigenvalue weighted by Gasteiger charge is 2.15. The van der Waals surface area contributed by atoms with Crippen molar-refractivity contribution in [2.24, 2.45) is 5.73 Å². The van der Waals surface area contributed by atoms with Crippen LogP contribution in [0.25, 0.3) is 0 Å². The Hall–Kier alpha value is -0.640. The number of hydrogen-bond acceptors (Lipinski definition) is 1. The van der Waals surface area contributed by atoms with Gasteiger partial charge in [-0.1, -0.05) is 44.0 Å². The van der Waals surface area contributed by atoms with E-state index >= 15 is 0 Å². The molecule has 3 heteroatoms. The Morgan fingerprint density at radius 1 is 0.842 bits per heavy atom. The molecule has 1 unspecified atom stereocenters. The van der Waals surface area contributed by atoms with Crippen molar-refractivity contribution in [1.82, 2.24) is 0 Å². The first kappa shape index (κ1) is 14.8. The topological polar surface area (TPSA) is 26.0 Å². The molecular weight excluding hydrogens is 366 g/mol. The van der Waals surface area contributed by atoms with Gasteiger partial charge in [0.15, 0.2) is 0 Å². The fraction of sp³-hybridized carbons (Fsp3) is 0.250. The molecule has 0 bridgehead atoms. The Balaban J connectivity index is 2.52. The Labute approximate surface area is 131 Å². The van der Waals surface area contributed by atoms with E-state index in [1.165, 1.54) is 27.8 Å². The summed E-state index contributed by atoms with van der Waals surface area (Å²) in [4.78, 5) is 0. The van der Waals surface area contributed by atoms with Crippen LogP contribution < -0.4 is 5.73 Å². The van der Waals surface area contributed by atoms with Gasteiger partial charge in [0.2, 0.25) is 0 Å². The average molecular weight is 383 g/mol. The molecule has 0 aliphatic carbocycles. The number of nitrogens with two attached hydrogens (primary N) is 1. The third kappa shape index (κ3) is 3.10. The lowest BCUT2D eigenvalue weighted by Gasteiger charge is -2.19. The van der Waals surface area contributed by atoms with E-state index in [0.29, 0.717) is 0 Å². The minimum atomic E-state index is -0.0932. The molecule has 100 valence electrons. The molecule has 0 radical (unpaired) electrons. The summed E-state index contributed by atoms with van der Waals surface area (Å²) in [5.74, 6) is 0. The lowest BCUT2D eigenvalue weighted by molar-refractivity contribution is 0.849. The van der Waals surface area contributed by atoms with Crippen LogP contribution in [0.3, 0.4) is 0 Å². The summed E-state index contributed by atoms with van der Waals surface area (Å²) in [6.07, 6.45) is 0. The predicted molar refractivity (Wildman–Crippen MR) is 88.5 cm³/mol. The quantitative estimate of drug-likeness (QED) is 0.760. The fourth-order valence-corrected chi connectivity index (χ4v) is 3.09. The fourth-order valence-electron chi connectivity index (χ4n) is 2.25. The van der Waals surface area contributed by atoms with Crippen molar-refractivity contribution >= 4 is 31.9 Å². The summed E-state index contributed by atoms with van der Waals surface area (Å²) in [5.41, 5.74) is 12.5. The van der Waals surface area contributed by atoms with Gasteiger partial charge >= 0.3 is 0 Å². The second-order valence-corrected chi connectivity index (χ2v) is 6.71. The minimum Gasteiger partial charge on any atom is -0.320 e. The highest BCUT2D eigenvalue weighted by molar-refractivity contribution is 9.10. The highest BCUT2D eigenvalue weighted by Crippen LogP contribution is 2.30. The summed E-state index contributed by atoms with van der Waals surface area (Å²) in [6, 6.07) is 10.5. The molecule has 0 amide bonds. The van der Waals surface area contributed by atoms with Gasteiger partial charge in [0.05, 0.1) is 6.04 Å². The zero-order chi connectivity index (χ0) is 14.2. The second kappa shape index (κ2) is 5.78. The third-order valence-electron chi connectivity index (χ3n) is 3.46. The summed E-state index contributed by atoms with van der Waals surface area (Å²) in [6.45, 7) is 6.29. The monoisotopic (exact) mass is 381 g/mol. The zero-order valence-corrected chi connectivity index (χ0v) is 14.5. The summed E-state index contributed by atoms with van der Waals surface area (Å²) >= 11 is 7.08. The van der Waals surface area contributed by atoms with E-state index in [4.69, 9.17) is 5.73 Å². The lowest BCUT2D eigenvalue weighted by Crippen LogP contribution is -2.15. The predicted octanol–water partition coefficient (Wildman–Crippen LogP) is 5.18. The van der Waals surface area contributed by atoms with Gasteiger partial charge in [-0.15, -0.1) is 0 Å². The van der Waals surface area contributed by atoms with E-state index in [9.17, 15) is 0 Å². The second-order valence-electron chi connectivity index (χ2n) is 4.94. The molecule has 0 saturated carbocycles. The van der Waals surface area contributed by atoms with Crippen molar-refractivity contribution in [2.75, 3.05) is 0 Å². The minimum absolute atomic E-state index is 0.0932. The van der Waals surface area contributed by atoms with Crippen LogP contribution in [0.4, 0.5) is 0 Å². The van der Waals surface area contributed by atoms with Crippen LogP contribution in [0.1, 0.15) is 33.9 Å². The molecule has 2 aromatic rings. The number of halogens is 2. The Morgan fingerprint density at radius 2 is 1.47 bits per heavy atom. The Kier molecular flexibility index (Phi) is 4.49. The number of hydrogen-bond donors (Lipinski definition) is 1. The van der Waals surface area contributed by atoms with Crippen molar-refractivity contribution in [3.05, 3.63) is 67.1 Å². The van der Waals surface area contributed by atoms with Gasteiger partial charge < -0.3 is 5.73 Å². The van der Waals surface area contributed by atoms with Crippen molar-refractivity contribution < 1.29 is 0 Å². The molecule has 0 aliphatic rings. The standard InChI is InChI=1S/C16H17Br2N/c1-9-4-5-12(17)8-14(9)16(19)13-6-11(3)15(18)7-10(13)2/h4-8,16H,19H2,1-3H3. The maximum Gasteiger partial charge on any atom is 0.0557 e. The molecule has 0 aliphatic heterocycles. The van der Waals surface area contributed by atoms with E-state index in [1.54, 1.807) is 0 Å². The third-order valence-corrected chi connectivity index (χ3v) is 4.81. The molecule has 0 spiro atoms. The highest BCUT2D eigenvalue weighted by atomic mass is 79.9. The summed E-state index contributed by atoms with van der Waals surface area (Å²) < 4.78 is 2.20. The van der Waals surface area contributed by atoms with Gasteiger partial charge in [0.1, 0.15) is 0 Å². The van der Waals surface area contributed by atoms with Crippen LogP contribution in [-0.4, -0.2) is 0 Å². The van der Waals surface area contributed by atoms with Gasteiger partial charge in [-0.3, -0.25) is 0 Å². The van der Waals surface area contributed by atoms with Gasteiger partial charge in [-0.05, 0) is 66.8 Å². The van der Waals surface area contributed by atoms with Crippen LogP contribution in [0.5, 0.6) is 0 Å². The largest absolute Gasteiger partial charge is 0.320 e. The molecular formula is C16H17Br2N. The molecule has 0 fully saturated rings. The van der Waals surface area contributed by atoms with Crippen LogP contribution in [0.15, 0.2) is 39.3 Å². The molecule has 2 rings (SSSR count). The van der Waals surface area contributed by atoms with Crippen molar-refractivity contribution in [2.45, 2.75) is 26.8 Å².